The van der Waals surface area contributed by atoms with Gasteiger partial charge < -0.3 is 5.32 Å². The molecule has 0 aromatic heterocycles. The second kappa shape index (κ2) is 4.87. The van der Waals surface area contributed by atoms with Gasteiger partial charge in [-0.2, -0.15) is 0 Å². The quantitative estimate of drug-likeness (QED) is 0.681. The normalized spacial score (nSPS) is 25.7. The standard InChI is InChI=1S/C7H8N2O3S.2ClH/c10-7-8-5-3-1-2-4-6(5)13(11,12)9-7;;/h1-2,4-5H,3H2,(H2,8,9,10);2*1H. The third-order valence-electron chi connectivity index (χ3n) is 1.95. The van der Waals surface area contributed by atoms with Gasteiger partial charge in [0.15, 0.2) is 0 Å². The Bertz CT molecular complexity index is 416. The van der Waals surface area contributed by atoms with Gasteiger partial charge in [0.1, 0.15) is 0 Å². The summed E-state index contributed by atoms with van der Waals surface area (Å²) in [7, 11) is -3.58. The largest absolute Gasteiger partial charge is 0.329 e. The molecule has 1 aliphatic carbocycles. The van der Waals surface area contributed by atoms with Gasteiger partial charge in [-0.15, -0.1) is 24.8 Å². The molecule has 8 heteroatoms. The van der Waals surface area contributed by atoms with Crippen LogP contribution in [0.3, 0.4) is 0 Å². The van der Waals surface area contributed by atoms with Crippen LogP contribution in [0.25, 0.3) is 0 Å². The Morgan fingerprint density at radius 3 is 2.67 bits per heavy atom. The summed E-state index contributed by atoms with van der Waals surface area (Å²) < 4.78 is 24.6. The molecule has 2 amide bonds. The number of amides is 2. The number of carbonyl (C=O) groups excluding carboxylic acids is 1. The van der Waals surface area contributed by atoms with E-state index in [9.17, 15) is 13.2 Å². The lowest BCUT2D eigenvalue weighted by Crippen LogP contribution is -2.53. The zero-order valence-corrected chi connectivity index (χ0v) is 9.92. The van der Waals surface area contributed by atoms with E-state index < -0.39 is 22.1 Å². The summed E-state index contributed by atoms with van der Waals surface area (Å²) >= 11 is 0. The second-order valence-corrected chi connectivity index (χ2v) is 4.55. The first-order chi connectivity index (χ1) is 6.09. The van der Waals surface area contributed by atoms with Crippen molar-refractivity contribution >= 4 is 40.9 Å². The summed E-state index contributed by atoms with van der Waals surface area (Å²) in [6.45, 7) is 0. The predicted octanol–water partition coefficient (Wildman–Crippen LogP) is 0.685. The number of fused-ring (bicyclic) bond motifs is 1. The topological polar surface area (TPSA) is 75.3 Å². The maximum absolute atomic E-state index is 11.4. The minimum Gasteiger partial charge on any atom is -0.329 e. The monoisotopic (exact) mass is 272 g/mol. The average Bonchev–Trinajstić information content (AvgIpc) is 2.02. The Labute approximate surface area is 99.9 Å². The van der Waals surface area contributed by atoms with Gasteiger partial charge in [0, 0.05) is 0 Å². The molecule has 1 saturated heterocycles. The summed E-state index contributed by atoms with van der Waals surface area (Å²) in [5, 5.41) is 2.53. The van der Waals surface area contributed by atoms with Crippen molar-refractivity contribution < 1.29 is 13.2 Å². The minimum atomic E-state index is -3.58. The molecule has 2 rings (SSSR count). The average molecular weight is 273 g/mol. The maximum atomic E-state index is 11.4. The molecular formula is C7H10Cl2N2O3S. The number of sulfonamides is 1. The Morgan fingerprint density at radius 1 is 1.33 bits per heavy atom. The molecule has 0 spiro atoms. The maximum Gasteiger partial charge on any atom is 0.329 e. The summed E-state index contributed by atoms with van der Waals surface area (Å²) in [6, 6.07) is -1.05. The van der Waals surface area contributed by atoms with Crippen molar-refractivity contribution in [2.45, 2.75) is 12.5 Å². The van der Waals surface area contributed by atoms with Crippen LogP contribution in [0, 0.1) is 0 Å². The van der Waals surface area contributed by atoms with Crippen LogP contribution in [0.15, 0.2) is 23.1 Å². The van der Waals surface area contributed by atoms with Crippen LogP contribution in [0.1, 0.15) is 6.42 Å². The smallest absolute Gasteiger partial charge is 0.329 e. The Morgan fingerprint density at radius 2 is 2.00 bits per heavy atom. The minimum absolute atomic E-state index is 0. The van der Waals surface area contributed by atoms with Crippen molar-refractivity contribution in [3.63, 3.8) is 0 Å². The molecule has 1 unspecified atom stereocenters. The molecule has 2 N–H and O–H groups in total. The Hall–Kier alpha value is -0.720. The van der Waals surface area contributed by atoms with Gasteiger partial charge in [-0.3, -0.25) is 0 Å². The highest BCUT2D eigenvalue weighted by Crippen LogP contribution is 2.20. The summed E-state index contributed by atoms with van der Waals surface area (Å²) in [6.07, 6.45) is 5.51. The molecule has 15 heavy (non-hydrogen) atoms. The number of hydrogen-bond acceptors (Lipinski definition) is 3. The number of carbonyl (C=O) groups is 1. The molecule has 1 fully saturated rings. The number of rotatable bonds is 0. The van der Waals surface area contributed by atoms with Gasteiger partial charge in [-0.25, -0.2) is 17.9 Å². The van der Waals surface area contributed by atoms with E-state index in [0.29, 0.717) is 6.42 Å². The molecule has 1 atom stereocenters. The van der Waals surface area contributed by atoms with Crippen LogP contribution in [0.4, 0.5) is 4.79 Å². The zero-order valence-electron chi connectivity index (χ0n) is 7.47. The van der Waals surface area contributed by atoms with Crippen molar-refractivity contribution in [3.8, 4) is 0 Å². The zero-order chi connectivity index (χ0) is 9.47. The number of nitrogens with one attached hydrogen (secondary N) is 2. The molecule has 0 saturated carbocycles. The van der Waals surface area contributed by atoms with Gasteiger partial charge in [0.25, 0.3) is 10.0 Å². The van der Waals surface area contributed by atoms with E-state index in [1.54, 1.807) is 6.08 Å². The Balaban J connectivity index is 0.000000980. The van der Waals surface area contributed by atoms with E-state index in [-0.39, 0.29) is 29.7 Å². The summed E-state index contributed by atoms with van der Waals surface area (Å²) in [5.41, 5.74) is 0. The van der Waals surface area contributed by atoms with Crippen LogP contribution >= 0.6 is 24.8 Å². The van der Waals surface area contributed by atoms with Gasteiger partial charge in [-0.1, -0.05) is 12.2 Å². The van der Waals surface area contributed by atoms with Crippen molar-refractivity contribution in [2.75, 3.05) is 0 Å². The lowest BCUT2D eigenvalue weighted by molar-refractivity contribution is 0.242. The van der Waals surface area contributed by atoms with Gasteiger partial charge in [0.2, 0.25) is 0 Å². The fraction of sp³-hybridized carbons (Fsp3) is 0.286. The number of halogens is 2. The third-order valence-corrected chi connectivity index (χ3v) is 3.45. The van der Waals surface area contributed by atoms with Crippen LogP contribution in [-0.4, -0.2) is 20.5 Å². The third kappa shape index (κ3) is 2.64. The van der Waals surface area contributed by atoms with E-state index in [1.165, 1.54) is 6.08 Å². The second-order valence-electron chi connectivity index (χ2n) is 2.86. The van der Waals surface area contributed by atoms with E-state index in [0.717, 1.165) is 0 Å². The van der Waals surface area contributed by atoms with E-state index >= 15 is 0 Å². The van der Waals surface area contributed by atoms with Gasteiger partial charge in [0.05, 0.1) is 10.9 Å². The van der Waals surface area contributed by atoms with E-state index in [1.807, 2.05) is 10.8 Å². The molecule has 1 aliphatic heterocycles. The molecule has 1 heterocycles. The van der Waals surface area contributed by atoms with Crippen LogP contribution in [0.2, 0.25) is 0 Å². The lowest BCUT2D eigenvalue weighted by atomic mass is 10.1. The summed E-state index contributed by atoms with van der Waals surface area (Å²) in [4.78, 5) is 11.1. The SMILES string of the molecule is Cl.Cl.O=C1NC2CC=CC=C2S(=O)(=O)N1. The van der Waals surface area contributed by atoms with Crippen molar-refractivity contribution in [1.82, 2.24) is 10.0 Å². The van der Waals surface area contributed by atoms with Gasteiger partial charge in [-0.05, 0) is 12.5 Å². The first kappa shape index (κ1) is 14.3. The summed E-state index contributed by atoms with van der Waals surface area (Å²) in [5.74, 6) is 0. The fourth-order valence-corrected chi connectivity index (χ4v) is 2.59. The van der Waals surface area contributed by atoms with Crippen molar-refractivity contribution in [3.05, 3.63) is 23.1 Å². The predicted molar refractivity (Wildman–Crippen MR) is 60.7 cm³/mol. The molecular weight excluding hydrogens is 263 g/mol. The first-order valence-electron chi connectivity index (χ1n) is 3.79. The van der Waals surface area contributed by atoms with E-state index in [4.69, 9.17) is 0 Å². The van der Waals surface area contributed by atoms with Crippen molar-refractivity contribution in [2.24, 2.45) is 0 Å². The number of hydrogen-bond donors (Lipinski definition) is 2. The molecule has 2 aliphatic rings. The van der Waals surface area contributed by atoms with Crippen molar-refractivity contribution in [1.29, 1.82) is 0 Å². The molecule has 5 nitrogen and oxygen atoms in total. The van der Waals surface area contributed by atoms with Crippen LogP contribution < -0.4 is 10.0 Å². The number of allylic oxidation sites excluding steroid dienone is 2. The fourth-order valence-electron chi connectivity index (χ4n) is 1.39. The molecule has 86 valence electrons. The highest BCUT2D eigenvalue weighted by Gasteiger charge is 2.34. The molecule has 0 radical (unpaired) electrons. The Kier molecular flexibility index (Phi) is 4.64. The highest BCUT2D eigenvalue weighted by atomic mass is 35.5. The van der Waals surface area contributed by atoms with E-state index in [2.05, 4.69) is 5.32 Å². The van der Waals surface area contributed by atoms with Gasteiger partial charge >= 0.3 is 6.03 Å². The van der Waals surface area contributed by atoms with Crippen LogP contribution in [0.5, 0.6) is 0 Å². The highest BCUT2D eigenvalue weighted by molar-refractivity contribution is 7.94. The number of urea groups is 1. The molecule has 0 aromatic carbocycles. The lowest BCUT2D eigenvalue weighted by Gasteiger charge is -2.27. The van der Waals surface area contributed by atoms with Crippen LogP contribution in [-0.2, 0) is 10.0 Å². The molecule has 0 bridgehead atoms. The molecule has 0 aromatic rings. The first-order valence-corrected chi connectivity index (χ1v) is 5.28.